The molecule has 1 heterocycles. The van der Waals surface area contributed by atoms with Gasteiger partial charge >= 0.3 is 0 Å². The third-order valence-electron chi connectivity index (χ3n) is 4.02. The van der Waals surface area contributed by atoms with Gasteiger partial charge in [-0.05, 0) is 53.8 Å². The molecule has 1 N–H and O–H groups in total. The number of hydrogen-bond acceptors (Lipinski definition) is 5. The molecule has 10 heteroatoms. The number of sulfonamides is 1. The van der Waals surface area contributed by atoms with Crippen molar-refractivity contribution in [3.05, 3.63) is 87.3 Å². The molecule has 0 amide bonds. The number of para-hydroxylation sites is 2. The molecule has 4 rings (SSSR count). The largest absolute Gasteiger partial charge is 0.431 e. The summed E-state index contributed by atoms with van der Waals surface area (Å²) in [5.74, 6) is -0.624. The van der Waals surface area contributed by atoms with E-state index in [2.05, 4.69) is 20.0 Å². The van der Waals surface area contributed by atoms with Gasteiger partial charge in [-0.1, -0.05) is 47.5 Å². The Bertz CT molecular complexity index is 1370. The highest BCUT2D eigenvalue weighted by Gasteiger charge is 2.17. The van der Waals surface area contributed by atoms with Crippen LogP contribution in [-0.4, -0.2) is 18.4 Å². The molecule has 0 spiro atoms. The van der Waals surface area contributed by atoms with Crippen molar-refractivity contribution >= 4 is 61.6 Å². The summed E-state index contributed by atoms with van der Waals surface area (Å²) in [6.07, 6.45) is 0. The smallest absolute Gasteiger partial charge is 0.204 e. The van der Waals surface area contributed by atoms with Crippen LogP contribution in [0.5, 0.6) is 0 Å². The number of hydrogen-bond donors (Lipinski definition) is 1. The molecule has 0 aliphatic carbocycles. The Morgan fingerprint density at radius 3 is 2.37 bits per heavy atom. The molecular formula is C20H12Cl2FN4O2S-. The molecule has 6 nitrogen and oxygen atoms in total. The maximum absolute atomic E-state index is 13.6. The third kappa shape index (κ3) is 4.30. The number of halogens is 3. The van der Waals surface area contributed by atoms with Crippen LogP contribution in [0.25, 0.3) is 15.8 Å². The van der Waals surface area contributed by atoms with E-state index in [-0.39, 0.29) is 26.6 Å². The number of anilines is 2. The van der Waals surface area contributed by atoms with Crippen molar-refractivity contribution in [3.8, 4) is 0 Å². The minimum Gasteiger partial charge on any atom is -0.431 e. The van der Waals surface area contributed by atoms with E-state index < -0.39 is 15.8 Å². The Kier molecular flexibility index (Phi) is 5.46. The van der Waals surface area contributed by atoms with Gasteiger partial charge in [-0.2, -0.15) is 0 Å². The second-order valence-electron chi connectivity index (χ2n) is 6.16. The van der Waals surface area contributed by atoms with Crippen molar-refractivity contribution in [3.63, 3.8) is 0 Å². The van der Waals surface area contributed by atoms with E-state index >= 15 is 0 Å². The van der Waals surface area contributed by atoms with Gasteiger partial charge < -0.3 is 15.0 Å². The van der Waals surface area contributed by atoms with E-state index in [1.165, 1.54) is 36.4 Å². The fourth-order valence-corrected chi connectivity index (χ4v) is 4.37. The van der Waals surface area contributed by atoms with Gasteiger partial charge in [0.05, 0.1) is 15.4 Å². The Morgan fingerprint density at radius 1 is 0.900 bits per heavy atom. The number of benzene rings is 3. The molecule has 0 bridgehead atoms. The monoisotopic (exact) mass is 461 g/mol. The van der Waals surface area contributed by atoms with E-state index in [0.717, 1.165) is 0 Å². The van der Waals surface area contributed by atoms with Gasteiger partial charge in [-0.15, -0.1) is 0 Å². The van der Waals surface area contributed by atoms with Crippen molar-refractivity contribution < 1.29 is 12.8 Å². The zero-order valence-corrected chi connectivity index (χ0v) is 17.4. The van der Waals surface area contributed by atoms with E-state index in [4.69, 9.17) is 23.2 Å². The van der Waals surface area contributed by atoms with Crippen molar-refractivity contribution in [2.45, 2.75) is 4.90 Å². The molecule has 0 fully saturated rings. The van der Waals surface area contributed by atoms with Crippen molar-refractivity contribution in [2.24, 2.45) is 0 Å². The normalized spacial score (nSPS) is 11.4. The summed E-state index contributed by atoms with van der Waals surface area (Å²) < 4.78 is 43.2. The van der Waals surface area contributed by atoms with Gasteiger partial charge in [0.2, 0.25) is 10.0 Å². The maximum atomic E-state index is 13.6. The molecule has 1 aromatic heterocycles. The van der Waals surface area contributed by atoms with Crippen molar-refractivity contribution in [2.75, 3.05) is 5.32 Å². The van der Waals surface area contributed by atoms with E-state index in [0.29, 0.717) is 16.7 Å². The first kappa shape index (κ1) is 20.3. The Morgan fingerprint density at radius 2 is 1.63 bits per heavy atom. The molecule has 0 saturated carbocycles. The molecular weight excluding hydrogens is 450 g/mol. The van der Waals surface area contributed by atoms with Gasteiger partial charge in [0, 0.05) is 10.7 Å². The zero-order chi connectivity index (χ0) is 21.3. The number of nitrogens with zero attached hydrogens (tertiary/aromatic N) is 3. The summed E-state index contributed by atoms with van der Waals surface area (Å²) >= 11 is 12.0. The Hall–Kier alpha value is -2.94. The van der Waals surface area contributed by atoms with Gasteiger partial charge in [-0.25, -0.2) is 17.8 Å². The van der Waals surface area contributed by atoms with Crippen LogP contribution in [0.2, 0.25) is 10.0 Å². The standard InChI is InChI=1S/C20H12Cl2FN4O2S/c21-12-8-9-15(22)18(10-12)30(28,29)27-20-19(24-14-5-3-4-13(23)11-14)25-16-6-1-2-7-17(16)26-20/h1-11H,(H-,24,25,26,27)/q-1. The van der Waals surface area contributed by atoms with Gasteiger partial charge in [0.1, 0.15) is 11.6 Å². The number of rotatable bonds is 5. The average Bonchev–Trinajstić information content (AvgIpc) is 2.70. The molecule has 0 radical (unpaired) electrons. The number of fused-ring (bicyclic) bond motifs is 1. The molecule has 0 atom stereocenters. The first-order valence-electron chi connectivity index (χ1n) is 8.54. The molecule has 0 aliphatic rings. The predicted octanol–water partition coefficient (Wildman–Crippen LogP) is 6.21. The predicted molar refractivity (Wildman–Crippen MR) is 116 cm³/mol. The van der Waals surface area contributed by atoms with Crippen LogP contribution in [0.3, 0.4) is 0 Å². The van der Waals surface area contributed by atoms with Crippen LogP contribution in [0, 0.1) is 5.82 Å². The summed E-state index contributed by atoms with van der Waals surface area (Å²) in [6, 6.07) is 16.6. The minimum atomic E-state index is -4.27. The fraction of sp³-hybridized carbons (Fsp3) is 0. The number of aromatic nitrogens is 2. The Labute approximate surface area is 181 Å². The van der Waals surface area contributed by atoms with E-state index in [9.17, 15) is 12.8 Å². The molecule has 30 heavy (non-hydrogen) atoms. The van der Waals surface area contributed by atoms with Crippen LogP contribution < -0.4 is 5.32 Å². The second-order valence-corrected chi connectivity index (χ2v) is 8.58. The number of nitrogens with one attached hydrogen (secondary N) is 1. The lowest BCUT2D eigenvalue weighted by Gasteiger charge is -2.21. The molecule has 0 unspecified atom stereocenters. The topological polar surface area (TPSA) is 86.1 Å². The van der Waals surface area contributed by atoms with Crippen LogP contribution >= 0.6 is 23.2 Å². The third-order valence-corrected chi connectivity index (χ3v) is 6.00. The second kappa shape index (κ2) is 8.06. The minimum absolute atomic E-state index is 0.0310. The van der Waals surface area contributed by atoms with Crippen LogP contribution in [-0.2, 0) is 10.0 Å². The van der Waals surface area contributed by atoms with Crippen molar-refractivity contribution in [1.82, 2.24) is 9.97 Å². The summed E-state index contributed by atoms with van der Waals surface area (Å²) in [4.78, 5) is 8.46. The lowest BCUT2D eigenvalue weighted by molar-refractivity contribution is 0.603. The summed E-state index contributed by atoms with van der Waals surface area (Å²) in [6.45, 7) is 0. The highest BCUT2D eigenvalue weighted by Crippen LogP contribution is 2.37. The van der Waals surface area contributed by atoms with Crippen molar-refractivity contribution in [1.29, 1.82) is 0 Å². The van der Waals surface area contributed by atoms with E-state index in [1.807, 2.05) is 0 Å². The Balaban J connectivity index is 1.81. The van der Waals surface area contributed by atoms with Crippen LogP contribution in [0.15, 0.2) is 71.6 Å². The van der Waals surface area contributed by atoms with Gasteiger partial charge in [0.25, 0.3) is 0 Å². The van der Waals surface area contributed by atoms with Crippen LogP contribution in [0.4, 0.5) is 21.7 Å². The SMILES string of the molecule is O=S(=O)([N-]c1nc2ccccc2nc1Nc1cccc(F)c1)c1cc(Cl)ccc1Cl. The van der Waals surface area contributed by atoms with Crippen LogP contribution in [0.1, 0.15) is 0 Å². The summed E-state index contributed by atoms with van der Waals surface area (Å²) in [7, 11) is -4.27. The quantitative estimate of drug-likeness (QED) is 0.381. The molecule has 0 aliphatic heterocycles. The molecule has 4 aromatic rings. The first-order chi connectivity index (χ1) is 14.3. The van der Waals surface area contributed by atoms with Gasteiger partial charge in [0.15, 0.2) is 0 Å². The first-order valence-corrected chi connectivity index (χ1v) is 10.7. The highest BCUT2D eigenvalue weighted by molar-refractivity contribution is 7.94. The lowest BCUT2D eigenvalue weighted by atomic mass is 10.3. The summed E-state index contributed by atoms with van der Waals surface area (Å²) in [5, 5.41) is 3.03. The highest BCUT2D eigenvalue weighted by atomic mass is 35.5. The molecule has 0 saturated heterocycles. The summed E-state index contributed by atoms with van der Waals surface area (Å²) in [5.41, 5.74) is 1.30. The average molecular weight is 462 g/mol. The van der Waals surface area contributed by atoms with E-state index in [1.54, 1.807) is 30.3 Å². The zero-order valence-electron chi connectivity index (χ0n) is 15.1. The molecule has 3 aromatic carbocycles. The molecule has 152 valence electrons. The fourth-order valence-electron chi connectivity index (χ4n) is 2.68. The maximum Gasteiger partial charge on any atom is 0.204 e. The lowest BCUT2D eigenvalue weighted by Crippen LogP contribution is -2.03. The van der Waals surface area contributed by atoms with Gasteiger partial charge in [-0.3, -0.25) is 0 Å².